The van der Waals surface area contributed by atoms with Gasteiger partial charge >= 0.3 is 5.76 Å². The first kappa shape index (κ1) is 16.6. The van der Waals surface area contributed by atoms with E-state index in [-0.39, 0.29) is 12.5 Å². The number of nitrogens with zero attached hydrogens (tertiary/aromatic N) is 3. The van der Waals surface area contributed by atoms with E-state index in [2.05, 4.69) is 5.16 Å². The summed E-state index contributed by atoms with van der Waals surface area (Å²) in [6.07, 6.45) is 1.76. The fourth-order valence-electron chi connectivity index (χ4n) is 3.17. The third kappa shape index (κ3) is 2.92. The molecular formula is C18H17N3O4S. The van der Waals surface area contributed by atoms with Gasteiger partial charge in [0.1, 0.15) is 12.3 Å². The van der Waals surface area contributed by atoms with E-state index in [0.717, 1.165) is 34.7 Å². The second kappa shape index (κ2) is 6.80. The summed E-state index contributed by atoms with van der Waals surface area (Å²) in [7, 11) is 1.62. The Bertz CT molecular complexity index is 990. The van der Waals surface area contributed by atoms with Crippen molar-refractivity contribution in [1.82, 2.24) is 9.72 Å². The molecule has 0 unspecified atom stereocenters. The molecule has 3 heterocycles. The fraction of sp³-hybridized carbons (Fsp3) is 0.278. The summed E-state index contributed by atoms with van der Waals surface area (Å²) in [6.45, 7) is 0.508. The minimum atomic E-state index is -0.631. The number of anilines is 1. The summed E-state index contributed by atoms with van der Waals surface area (Å²) in [5.74, 6) is 0.353. The lowest BCUT2D eigenvalue weighted by Gasteiger charge is -2.29. The summed E-state index contributed by atoms with van der Waals surface area (Å²) < 4.78 is 11.3. The van der Waals surface area contributed by atoms with Crippen LogP contribution < -0.4 is 15.4 Å². The number of methoxy groups -OCH3 is 1. The largest absolute Gasteiger partial charge is 0.497 e. The average molecular weight is 371 g/mol. The molecule has 0 aliphatic carbocycles. The standard InChI is InChI=1S/C18H17N3O4S/c1-24-13-6-7-14-12(10-13)4-2-8-20(14)16(22)11-21-17(19-25-18(21)23)15-5-3-9-26-15/h3,5-7,9-10H,2,4,8,11H2,1H3. The Hall–Kier alpha value is -2.87. The summed E-state index contributed by atoms with van der Waals surface area (Å²) >= 11 is 1.44. The van der Waals surface area contributed by atoms with Crippen molar-refractivity contribution in [2.24, 2.45) is 0 Å². The number of aromatic nitrogens is 2. The van der Waals surface area contributed by atoms with Gasteiger partial charge in [-0.05, 0) is 48.1 Å². The van der Waals surface area contributed by atoms with Crippen LogP contribution in [0.15, 0.2) is 45.0 Å². The fourth-order valence-corrected chi connectivity index (χ4v) is 3.88. The molecule has 1 aromatic carbocycles. The van der Waals surface area contributed by atoms with Crippen molar-refractivity contribution >= 4 is 22.9 Å². The molecule has 0 spiro atoms. The maximum absolute atomic E-state index is 12.9. The van der Waals surface area contributed by atoms with E-state index < -0.39 is 5.76 Å². The van der Waals surface area contributed by atoms with Crippen molar-refractivity contribution in [3.05, 3.63) is 51.8 Å². The molecule has 2 aromatic heterocycles. The van der Waals surface area contributed by atoms with Crippen molar-refractivity contribution < 1.29 is 14.1 Å². The monoisotopic (exact) mass is 371 g/mol. The van der Waals surface area contributed by atoms with E-state index >= 15 is 0 Å². The van der Waals surface area contributed by atoms with Gasteiger partial charge in [0.2, 0.25) is 5.91 Å². The minimum absolute atomic E-state index is 0.110. The molecule has 0 bridgehead atoms. The number of aryl methyl sites for hydroxylation is 1. The van der Waals surface area contributed by atoms with Crippen LogP contribution in [0.3, 0.4) is 0 Å². The first-order chi connectivity index (χ1) is 12.7. The third-order valence-electron chi connectivity index (χ3n) is 4.43. The number of ether oxygens (including phenoxy) is 1. The zero-order valence-corrected chi connectivity index (χ0v) is 15.0. The van der Waals surface area contributed by atoms with E-state index in [0.29, 0.717) is 12.4 Å². The van der Waals surface area contributed by atoms with Crippen molar-refractivity contribution in [3.8, 4) is 16.5 Å². The first-order valence-corrected chi connectivity index (χ1v) is 9.13. The lowest BCUT2D eigenvalue weighted by molar-refractivity contribution is -0.119. The summed E-state index contributed by atoms with van der Waals surface area (Å²) in [4.78, 5) is 27.5. The molecule has 0 saturated heterocycles. The molecular weight excluding hydrogens is 354 g/mol. The van der Waals surface area contributed by atoms with E-state index in [9.17, 15) is 9.59 Å². The highest BCUT2D eigenvalue weighted by Crippen LogP contribution is 2.31. The van der Waals surface area contributed by atoms with Crippen LogP contribution in [0.1, 0.15) is 12.0 Å². The normalized spacial score (nSPS) is 13.5. The van der Waals surface area contributed by atoms with Crippen molar-refractivity contribution in [2.75, 3.05) is 18.6 Å². The Kier molecular flexibility index (Phi) is 4.34. The predicted octanol–water partition coefficient (Wildman–Crippen LogP) is 2.55. The number of carbonyl (C=O) groups is 1. The van der Waals surface area contributed by atoms with Gasteiger partial charge in [0.15, 0.2) is 5.82 Å². The molecule has 0 saturated carbocycles. The zero-order valence-electron chi connectivity index (χ0n) is 14.2. The highest BCUT2D eigenvalue weighted by Gasteiger charge is 2.25. The summed E-state index contributed by atoms with van der Waals surface area (Å²) in [5, 5.41) is 5.71. The second-order valence-corrected chi connectivity index (χ2v) is 6.93. The topological polar surface area (TPSA) is 77.6 Å². The van der Waals surface area contributed by atoms with Crippen LogP contribution in [-0.4, -0.2) is 29.3 Å². The van der Waals surface area contributed by atoms with Crippen LogP contribution in [0.4, 0.5) is 5.69 Å². The van der Waals surface area contributed by atoms with E-state index in [1.807, 2.05) is 35.7 Å². The van der Waals surface area contributed by atoms with Gasteiger partial charge in [-0.3, -0.25) is 9.32 Å². The SMILES string of the molecule is COc1ccc2c(c1)CCCN2C(=O)Cn1c(-c2cccs2)noc1=O. The number of thiophene rings is 1. The number of hydrogen-bond acceptors (Lipinski definition) is 6. The molecule has 0 radical (unpaired) electrons. The molecule has 8 heteroatoms. The quantitative estimate of drug-likeness (QED) is 0.704. The third-order valence-corrected chi connectivity index (χ3v) is 5.29. The van der Waals surface area contributed by atoms with Gasteiger partial charge < -0.3 is 9.64 Å². The van der Waals surface area contributed by atoms with Crippen molar-refractivity contribution in [3.63, 3.8) is 0 Å². The zero-order chi connectivity index (χ0) is 18.1. The van der Waals surface area contributed by atoms with Gasteiger partial charge in [0.25, 0.3) is 0 Å². The molecule has 7 nitrogen and oxygen atoms in total. The van der Waals surface area contributed by atoms with E-state index in [4.69, 9.17) is 9.26 Å². The second-order valence-electron chi connectivity index (χ2n) is 5.98. The molecule has 0 N–H and O–H groups in total. The number of carbonyl (C=O) groups excluding carboxylic acids is 1. The van der Waals surface area contributed by atoms with Gasteiger partial charge in [-0.15, -0.1) is 11.3 Å². The Labute approximate surface area is 153 Å². The molecule has 1 aliphatic heterocycles. The lowest BCUT2D eigenvalue weighted by atomic mass is 10.0. The smallest absolute Gasteiger partial charge is 0.442 e. The van der Waals surface area contributed by atoms with Crippen LogP contribution in [-0.2, 0) is 17.8 Å². The number of rotatable bonds is 4. The van der Waals surface area contributed by atoms with Crippen LogP contribution in [0, 0.1) is 0 Å². The van der Waals surface area contributed by atoms with Crippen LogP contribution >= 0.6 is 11.3 Å². The first-order valence-electron chi connectivity index (χ1n) is 8.25. The number of fused-ring (bicyclic) bond motifs is 1. The van der Waals surface area contributed by atoms with Gasteiger partial charge in [0, 0.05) is 12.2 Å². The molecule has 4 rings (SSSR count). The maximum Gasteiger partial charge on any atom is 0.442 e. The minimum Gasteiger partial charge on any atom is -0.497 e. The van der Waals surface area contributed by atoms with Crippen molar-refractivity contribution in [1.29, 1.82) is 0 Å². The predicted molar refractivity (Wildman–Crippen MR) is 97.7 cm³/mol. The maximum atomic E-state index is 12.9. The van der Waals surface area contributed by atoms with Crippen LogP contribution in [0.5, 0.6) is 5.75 Å². The Morgan fingerprint density at radius 2 is 2.27 bits per heavy atom. The molecule has 3 aromatic rings. The highest BCUT2D eigenvalue weighted by atomic mass is 32.1. The van der Waals surface area contributed by atoms with E-state index in [1.165, 1.54) is 15.9 Å². The summed E-state index contributed by atoms with van der Waals surface area (Å²) in [6, 6.07) is 9.39. The van der Waals surface area contributed by atoms with Gasteiger partial charge in [-0.1, -0.05) is 11.2 Å². The highest BCUT2D eigenvalue weighted by molar-refractivity contribution is 7.13. The van der Waals surface area contributed by atoms with Crippen LogP contribution in [0.2, 0.25) is 0 Å². The Balaban J connectivity index is 1.63. The molecule has 0 atom stereocenters. The van der Waals surface area contributed by atoms with E-state index in [1.54, 1.807) is 12.0 Å². The number of hydrogen-bond donors (Lipinski definition) is 0. The lowest BCUT2D eigenvalue weighted by Crippen LogP contribution is -2.39. The van der Waals surface area contributed by atoms with Gasteiger partial charge in [-0.2, -0.15) is 0 Å². The van der Waals surface area contributed by atoms with Gasteiger partial charge in [0.05, 0.1) is 12.0 Å². The number of amides is 1. The Morgan fingerprint density at radius 3 is 3.04 bits per heavy atom. The molecule has 0 fully saturated rings. The molecule has 134 valence electrons. The molecule has 26 heavy (non-hydrogen) atoms. The van der Waals surface area contributed by atoms with Gasteiger partial charge in [-0.25, -0.2) is 9.36 Å². The van der Waals surface area contributed by atoms with Crippen LogP contribution in [0.25, 0.3) is 10.7 Å². The Morgan fingerprint density at radius 1 is 1.38 bits per heavy atom. The average Bonchev–Trinajstić information content (AvgIpc) is 3.31. The molecule has 1 aliphatic rings. The summed E-state index contributed by atoms with van der Waals surface area (Å²) in [5.41, 5.74) is 1.93. The van der Waals surface area contributed by atoms with Crippen molar-refractivity contribution in [2.45, 2.75) is 19.4 Å². The molecule has 1 amide bonds. The number of benzene rings is 1.